The van der Waals surface area contributed by atoms with E-state index < -0.39 is 29.9 Å². The fraction of sp³-hybridized carbons (Fsp3) is 0.238. The van der Waals surface area contributed by atoms with Crippen LogP contribution in [0.4, 0.5) is 18.9 Å². The number of aryl methyl sites for hydroxylation is 1. The van der Waals surface area contributed by atoms with Gasteiger partial charge in [0.05, 0.1) is 13.5 Å². The number of carbonyl (C=O) groups is 1. The van der Waals surface area contributed by atoms with E-state index in [1.807, 2.05) is 0 Å². The molecular weight excluding hydrogens is 415 g/mol. The van der Waals surface area contributed by atoms with Gasteiger partial charge in [-0.2, -0.15) is 13.2 Å². The number of aromatic nitrogens is 2. The quantitative estimate of drug-likeness (QED) is 0.586. The fourth-order valence-electron chi connectivity index (χ4n) is 2.94. The minimum atomic E-state index is -5.10. The van der Waals surface area contributed by atoms with Crippen molar-refractivity contribution in [2.45, 2.75) is 18.2 Å². The molecule has 0 radical (unpaired) electrons. The van der Waals surface area contributed by atoms with Crippen LogP contribution in [0.2, 0.25) is 0 Å². The molecule has 0 spiro atoms. The number of nitrogens with zero attached hydrogens (tertiary/aromatic N) is 2. The molecule has 2 N–H and O–H groups in total. The maximum Gasteiger partial charge on any atom is 0.425 e. The third-order valence-electron chi connectivity index (χ3n) is 4.51. The zero-order valence-electron chi connectivity index (χ0n) is 16.7. The highest BCUT2D eigenvalue weighted by atomic mass is 19.4. The standard InChI is InChI=1S/C21H20F3N3O4/c1-27-12-11-25-19(27)20(29,21(22,23)24)13-18(28)26-14-7-9-15(10-8-14)31-17-6-4-3-5-16(17)30-2/h3-12,29H,13H2,1-2H3,(H,26,28). The molecule has 1 unspecified atom stereocenters. The number of ether oxygens (including phenoxy) is 2. The van der Waals surface area contributed by atoms with Gasteiger partial charge in [0.25, 0.3) is 0 Å². The molecule has 0 bridgehead atoms. The van der Waals surface area contributed by atoms with Crippen LogP contribution in [0.15, 0.2) is 60.9 Å². The number of carbonyl (C=O) groups excluding carboxylic acids is 1. The molecular formula is C21H20F3N3O4. The number of imidazole rings is 1. The molecule has 1 amide bonds. The second-order valence-corrected chi connectivity index (χ2v) is 6.72. The molecule has 2 aromatic carbocycles. The van der Waals surface area contributed by atoms with E-state index in [2.05, 4.69) is 10.3 Å². The molecule has 31 heavy (non-hydrogen) atoms. The number of amides is 1. The first-order valence-electron chi connectivity index (χ1n) is 9.12. The monoisotopic (exact) mass is 435 g/mol. The highest BCUT2D eigenvalue weighted by Crippen LogP contribution is 2.41. The first-order valence-corrected chi connectivity index (χ1v) is 9.12. The van der Waals surface area contributed by atoms with Gasteiger partial charge in [0.15, 0.2) is 17.3 Å². The van der Waals surface area contributed by atoms with Gasteiger partial charge in [0, 0.05) is 25.1 Å². The van der Waals surface area contributed by atoms with E-state index in [9.17, 15) is 23.1 Å². The van der Waals surface area contributed by atoms with E-state index in [4.69, 9.17) is 9.47 Å². The van der Waals surface area contributed by atoms with Crippen molar-refractivity contribution in [3.05, 3.63) is 66.7 Å². The highest BCUT2D eigenvalue weighted by Gasteiger charge is 2.58. The lowest BCUT2D eigenvalue weighted by Crippen LogP contribution is -2.46. The summed E-state index contributed by atoms with van der Waals surface area (Å²) >= 11 is 0. The summed E-state index contributed by atoms with van der Waals surface area (Å²) in [6.07, 6.45) is -3.98. The molecule has 10 heteroatoms. The number of hydrogen-bond acceptors (Lipinski definition) is 5. The van der Waals surface area contributed by atoms with E-state index in [0.29, 0.717) is 17.2 Å². The van der Waals surface area contributed by atoms with Crippen LogP contribution in [-0.2, 0) is 17.4 Å². The van der Waals surface area contributed by atoms with Crippen molar-refractivity contribution in [2.75, 3.05) is 12.4 Å². The molecule has 0 aliphatic carbocycles. The Hall–Kier alpha value is -3.53. The second-order valence-electron chi connectivity index (χ2n) is 6.72. The van der Waals surface area contributed by atoms with Crippen LogP contribution in [0.1, 0.15) is 12.2 Å². The maximum absolute atomic E-state index is 13.6. The maximum atomic E-state index is 13.6. The Labute approximate surface area is 176 Å². The van der Waals surface area contributed by atoms with Gasteiger partial charge in [0.1, 0.15) is 5.75 Å². The number of methoxy groups -OCH3 is 1. The summed E-state index contributed by atoms with van der Waals surface area (Å²) in [6.45, 7) is 0. The number of alkyl halides is 3. The Balaban J connectivity index is 1.71. The number of benzene rings is 2. The van der Waals surface area contributed by atoms with Crippen LogP contribution in [0.25, 0.3) is 0 Å². The van der Waals surface area contributed by atoms with Crippen LogP contribution in [0, 0.1) is 0 Å². The molecule has 0 aliphatic heterocycles. The third-order valence-corrected chi connectivity index (χ3v) is 4.51. The average Bonchev–Trinajstić information content (AvgIpc) is 3.15. The lowest BCUT2D eigenvalue weighted by Gasteiger charge is -2.29. The smallest absolute Gasteiger partial charge is 0.425 e. The second kappa shape index (κ2) is 8.68. The zero-order valence-corrected chi connectivity index (χ0v) is 16.7. The Bertz CT molecular complexity index is 1050. The van der Waals surface area contributed by atoms with E-state index in [-0.39, 0.29) is 5.69 Å². The SMILES string of the molecule is COc1ccccc1Oc1ccc(NC(=O)CC(O)(c2nccn2C)C(F)(F)F)cc1. The summed E-state index contributed by atoms with van der Waals surface area (Å²) in [4.78, 5) is 15.9. The Morgan fingerprint density at radius 3 is 2.32 bits per heavy atom. The molecule has 3 rings (SSSR count). The van der Waals surface area contributed by atoms with Gasteiger partial charge in [-0.3, -0.25) is 4.79 Å². The molecule has 0 saturated heterocycles. The van der Waals surface area contributed by atoms with Crippen molar-refractivity contribution in [3.8, 4) is 17.2 Å². The van der Waals surface area contributed by atoms with Crippen LogP contribution in [0.3, 0.4) is 0 Å². The number of rotatable bonds is 7. The van der Waals surface area contributed by atoms with Crippen molar-refractivity contribution in [3.63, 3.8) is 0 Å². The predicted octanol–water partition coefficient (Wildman–Crippen LogP) is 4.00. The molecule has 3 aromatic rings. The average molecular weight is 435 g/mol. The molecule has 1 atom stereocenters. The number of para-hydroxylation sites is 2. The lowest BCUT2D eigenvalue weighted by atomic mass is 9.97. The first kappa shape index (κ1) is 22.2. The van der Waals surface area contributed by atoms with Gasteiger partial charge in [-0.05, 0) is 36.4 Å². The van der Waals surface area contributed by atoms with Gasteiger partial charge in [-0.15, -0.1) is 0 Å². The summed E-state index contributed by atoms with van der Waals surface area (Å²) in [5.41, 5.74) is -3.19. The summed E-state index contributed by atoms with van der Waals surface area (Å²) < 4.78 is 52.6. The Morgan fingerprint density at radius 2 is 1.77 bits per heavy atom. The van der Waals surface area contributed by atoms with Crippen LogP contribution < -0.4 is 14.8 Å². The lowest BCUT2D eigenvalue weighted by molar-refractivity contribution is -0.270. The molecule has 164 valence electrons. The van der Waals surface area contributed by atoms with Crippen LogP contribution >= 0.6 is 0 Å². The van der Waals surface area contributed by atoms with E-state index in [1.165, 1.54) is 44.6 Å². The van der Waals surface area contributed by atoms with Crippen LogP contribution in [0.5, 0.6) is 17.2 Å². The molecule has 1 heterocycles. The van der Waals surface area contributed by atoms with Crippen molar-refractivity contribution < 1.29 is 32.5 Å². The number of nitrogens with one attached hydrogen (secondary N) is 1. The summed E-state index contributed by atoms with van der Waals surface area (Å²) in [5.74, 6) is -0.257. The topological polar surface area (TPSA) is 85.6 Å². The van der Waals surface area contributed by atoms with Gasteiger partial charge in [0.2, 0.25) is 11.5 Å². The van der Waals surface area contributed by atoms with Crippen molar-refractivity contribution in [1.82, 2.24) is 9.55 Å². The minimum Gasteiger partial charge on any atom is -0.493 e. The summed E-state index contributed by atoms with van der Waals surface area (Å²) in [7, 11) is 2.81. The third kappa shape index (κ3) is 4.80. The minimum absolute atomic E-state index is 0.238. The van der Waals surface area contributed by atoms with E-state index in [0.717, 1.165) is 10.8 Å². The van der Waals surface area contributed by atoms with Gasteiger partial charge in [-0.25, -0.2) is 4.98 Å². The number of hydrogen-bond donors (Lipinski definition) is 2. The molecule has 0 aliphatic rings. The van der Waals surface area contributed by atoms with Crippen molar-refractivity contribution in [2.24, 2.45) is 7.05 Å². The molecule has 0 fully saturated rings. The Morgan fingerprint density at radius 1 is 1.13 bits per heavy atom. The normalized spacial score (nSPS) is 13.4. The van der Waals surface area contributed by atoms with Crippen molar-refractivity contribution in [1.29, 1.82) is 0 Å². The van der Waals surface area contributed by atoms with Gasteiger partial charge < -0.3 is 24.5 Å². The first-order chi connectivity index (χ1) is 14.6. The van der Waals surface area contributed by atoms with Gasteiger partial charge in [-0.1, -0.05) is 12.1 Å². The van der Waals surface area contributed by atoms with E-state index >= 15 is 0 Å². The predicted molar refractivity (Wildman–Crippen MR) is 106 cm³/mol. The number of aliphatic hydroxyl groups is 1. The fourth-order valence-corrected chi connectivity index (χ4v) is 2.94. The number of halogens is 3. The molecule has 0 saturated carbocycles. The summed E-state index contributed by atoms with van der Waals surface area (Å²) in [6, 6.07) is 13.0. The zero-order chi connectivity index (χ0) is 22.6. The Kier molecular flexibility index (Phi) is 6.21. The van der Waals surface area contributed by atoms with Crippen LogP contribution in [-0.4, -0.2) is 33.9 Å². The van der Waals surface area contributed by atoms with Crippen molar-refractivity contribution >= 4 is 11.6 Å². The molecule has 7 nitrogen and oxygen atoms in total. The highest BCUT2D eigenvalue weighted by molar-refractivity contribution is 5.91. The summed E-state index contributed by atoms with van der Waals surface area (Å²) in [5, 5.41) is 12.6. The largest absolute Gasteiger partial charge is 0.493 e. The number of anilines is 1. The van der Waals surface area contributed by atoms with E-state index in [1.54, 1.807) is 24.3 Å². The molecule has 1 aromatic heterocycles. The van der Waals surface area contributed by atoms with Gasteiger partial charge >= 0.3 is 6.18 Å².